The number of hydrogen-bond acceptors (Lipinski definition) is 5. The average Bonchev–Trinajstić information content (AvgIpc) is 2.75. The molecular weight excluding hydrogens is 481 g/mol. The number of halogens is 1. The Bertz CT molecular complexity index is 641. The van der Waals surface area contributed by atoms with Crippen molar-refractivity contribution in [3.8, 4) is 0 Å². The summed E-state index contributed by atoms with van der Waals surface area (Å²) in [4.78, 5) is 29.4. The number of hydrogen-bond donors (Lipinski definition) is 2. The number of anilines is 1. The summed E-state index contributed by atoms with van der Waals surface area (Å²) in [7, 11) is 1.79. The molecule has 0 aromatic carbocycles. The minimum atomic E-state index is 0. The molecule has 2 fully saturated rings. The second-order valence-corrected chi connectivity index (χ2v) is 7.77. The van der Waals surface area contributed by atoms with Gasteiger partial charge < -0.3 is 20.4 Å². The van der Waals surface area contributed by atoms with E-state index in [1.807, 2.05) is 11.0 Å². The van der Waals surface area contributed by atoms with Gasteiger partial charge in [0.15, 0.2) is 5.96 Å². The molecule has 1 aliphatic carbocycles. The van der Waals surface area contributed by atoms with E-state index in [4.69, 9.17) is 0 Å². The van der Waals surface area contributed by atoms with Gasteiger partial charge in [0, 0.05) is 64.6 Å². The number of aromatic nitrogens is 2. The highest BCUT2D eigenvalue weighted by Gasteiger charge is 2.22. The van der Waals surface area contributed by atoms with Crippen molar-refractivity contribution in [3.05, 3.63) is 18.5 Å². The first kappa shape index (κ1) is 23.6. The second kappa shape index (κ2) is 12.1. The lowest BCUT2D eigenvalue weighted by Crippen LogP contribution is -2.50. The van der Waals surface area contributed by atoms with Crippen molar-refractivity contribution in [1.82, 2.24) is 25.5 Å². The van der Waals surface area contributed by atoms with Crippen LogP contribution >= 0.6 is 24.0 Å². The maximum atomic E-state index is 12.5. The zero-order valence-corrected chi connectivity index (χ0v) is 19.8. The zero-order chi connectivity index (χ0) is 19.8. The molecule has 29 heavy (non-hydrogen) atoms. The quantitative estimate of drug-likeness (QED) is 0.354. The van der Waals surface area contributed by atoms with Crippen molar-refractivity contribution in [2.45, 2.75) is 45.1 Å². The minimum Gasteiger partial charge on any atom is -0.356 e. The predicted molar refractivity (Wildman–Crippen MR) is 127 cm³/mol. The molecule has 8 nitrogen and oxygen atoms in total. The number of rotatable bonds is 5. The normalized spacial score (nSPS) is 22.6. The largest absolute Gasteiger partial charge is 0.356 e. The van der Waals surface area contributed by atoms with Crippen molar-refractivity contribution in [1.29, 1.82) is 0 Å². The SMILES string of the molecule is CN=C(NCCC(=O)N1CCN(c2ncccn2)CC1)NC1CCC(C)CC1.I. The molecule has 2 aliphatic rings. The Kier molecular flexibility index (Phi) is 9.89. The summed E-state index contributed by atoms with van der Waals surface area (Å²) >= 11 is 0. The van der Waals surface area contributed by atoms with Gasteiger partial charge in [0.2, 0.25) is 11.9 Å². The van der Waals surface area contributed by atoms with Gasteiger partial charge in [-0.2, -0.15) is 0 Å². The third-order valence-electron chi connectivity index (χ3n) is 5.68. The Labute approximate surface area is 191 Å². The number of piperazine rings is 1. The topological polar surface area (TPSA) is 85.8 Å². The van der Waals surface area contributed by atoms with E-state index in [0.29, 0.717) is 32.1 Å². The van der Waals surface area contributed by atoms with Crippen LogP contribution in [-0.4, -0.2) is 72.5 Å². The molecule has 0 unspecified atom stereocenters. The van der Waals surface area contributed by atoms with Crippen LogP contribution in [0, 0.1) is 5.92 Å². The van der Waals surface area contributed by atoms with Crippen molar-refractivity contribution in [3.63, 3.8) is 0 Å². The molecule has 0 radical (unpaired) electrons. The summed E-state index contributed by atoms with van der Waals surface area (Å²) < 4.78 is 0. The van der Waals surface area contributed by atoms with Crippen molar-refractivity contribution >= 4 is 41.8 Å². The molecule has 1 saturated heterocycles. The number of amides is 1. The molecule has 0 atom stereocenters. The van der Waals surface area contributed by atoms with E-state index in [1.54, 1.807) is 19.4 Å². The number of carbonyl (C=O) groups excluding carboxylic acids is 1. The lowest BCUT2D eigenvalue weighted by Gasteiger charge is -2.34. The Morgan fingerprint density at radius 2 is 1.79 bits per heavy atom. The fourth-order valence-corrected chi connectivity index (χ4v) is 3.85. The van der Waals surface area contributed by atoms with E-state index >= 15 is 0 Å². The van der Waals surface area contributed by atoms with E-state index in [-0.39, 0.29) is 29.9 Å². The molecule has 0 bridgehead atoms. The molecule has 3 rings (SSSR count). The summed E-state index contributed by atoms with van der Waals surface area (Å²) in [5.74, 6) is 2.56. The van der Waals surface area contributed by atoms with Gasteiger partial charge in [-0.05, 0) is 37.7 Å². The van der Waals surface area contributed by atoms with Crippen molar-refractivity contribution in [2.24, 2.45) is 10.9 Å². The fourth-order valence-electron chi connectivity index (χ4n) is 3.85. The Morgan fingerprint density at radius 1 is 1.14 bits per heavy atom. The van der Waals surface area contributed by atoms with Crippen LogP contribution < -0.4 is 15.5 Å². The lowest BCUT2D eigenvalue weighted by atomic mass is 9.87. The molecule has 2 heterocycles. The van der Waals surface area contributed by atoms with Crippen LogP contribution in [0.25, 0.3) is 0 Å². The second-order valence-electron chi connectivity index (χ2n) is 7.77. The molecule has 162 valence electrons. The highest BCUT2D eigenvalue weighted by molar-refractivity contribution is 14.0. The molecule has 9 heteroatoms. The van der Waals surface area contributed by atoms with Crippen molar-refractivity contribution < 1.29 is 4.79 Å². The minimum absolute atomic E-state index is 0. The first-order chi connectivity index (χ1) is 13.7. The Balaban J connectivity index is 0.00000300. The highest BCUT2D eigenvalue weighted by Crippen LogP contribution is 2.23. The summed E-state index contributed by atoms with van der Waals surface area (Å²) in [6.07, 6.45) is 8.90. The van der Waals surface area contributed by atoms with Crippen LogP contribution in [0.2, 0.25) is 0 Å². The average molecular weight is 515 g/mol. The van der Waals surface area contributed by atoms with Gasteiger partial charge in [0.05, 0.1) is 0 Å². The number of carbonyl (C=O) groups is 1. The van der Waals surface area contributed by atoms with Gasteiger partial charge in [-0.15, -0.1) is 24.0 Å². The van der Waals surface area contributed by atoms with E-state index in [1.165, 1.54) is 25.7 Å². The van der Waals surface area contributed by atoms with E-state index < -0.39 is 0 Å². The number of nitrogens with one attached hydrogen (secondary N) is 2. The van der Waals surface area contributed by atoms with Gasteiger partial charge in [0.1, 0.15) is 0 Å². The standard InChI is InChI=1S/C20H33N7O.HI/c1-16-4-6-17(7-5-16)25-19(21-2)22-11-8-18(28)26-12-14-27(15-13-26)20-23-9-3-10-24-20;/h3,9-10,16-17H,4-8,11-15H2,1-2H3,(H2,21,22,25);1H. The Morgan fingerprint density at radius 3 is 2.41 bits per heavy atom. The van der Waals surface area contributed by atoms with Crippen LogP contribution in [0.5, 0.6) is 0 Å². The monoisotopic (exact) mass is 515 g/mol. The molecule has 1 amide bonds. The molecule has 2 N–H and O–H groups in total. The summed E-state index contributed by atoms with van der Waals surface area (Å²) in [5.41, 5.74) is 0. The van der Waals surface area contributed by atoms with Gasteiger partial charge >= 0.3 is 0 Å². The lowest BCUT2D eigenvalue weighted by molar-refractivity contribution is -0.131. The summed E-state index contributed by atoms with van der Waals surface area (Å²) in [5, 5.41) is 6.79. The van der Waals surface area contributed by atoms with Crippen LogP contribution in [0.3, 0.4) is 0 Å². The molecule has 1 aromatic rings. The number of guanidine groups is 1. The van der Waals surface area contributed by atoms with Gasteiger partial charge in [-0.3, -0.25) is 9.79 Å². The first-order valence-corrected chi connectivity index (χ1v) is 10.4. The predicted octanol–water partition coefficient (Wildman–Crippen LogP) is 1.88. The number of nitrogens with zero attached hydrogens (tertiary/aromatic N) is 5. The zero-order valence-electron chi connectivity index (χ0n) is 17.5. The van der Waals surface area contributed by atoms with Crippen LogP contribution in [0.15, 0.2) is 23.5 Å². The summed E-state index contributed by atoms with van der Waals surface area (Å²) in [6, 6.07) is 2.31. The maximum Gasteiger partial charge on any atom is 0.225 e. The first-order valence-electron chi connectivity index (χ1n) is 10.4. The van der Waals surface area contributed by atoms with E-state index in [2.05, 4.69) is 37.4 Å². The van der Waals surface area contributed by atoms with Crippen molar-refractivity contribution in [2.75, 3.05) is 44.7 Å². The van der Waals surface area contributed by atoms with E-state index in [0.717, 1.165) is 30.9 Å². The fraction of sp³-hybridized carbons (Fsp3) is 0.700. The van der Waals surface area contributed by atoms with E-state index in [9.17, 15) is 4.79 Å². The molecule has 0 spiro atoms. The van der Waals surface area contributed by atoms with Gasteiger partial charge in [-0.25, -0.2) is 9.97 Å². The van der Waals surface area contributed by atoms with Crippen LogP contribution in [0.1, 0.15) is 39.0 Å². The third-order valence-corrected chi connectivity index (χ3v) is 5.68. The smallest absolute Gasteiger partial charge is 0.225 e. The highest BCUT2D eigenvalue weighted by atomic mass is 127. The van der Waals surface area contributed by atoms with Crippen LogP contribution in [-0.2, 0) is 4.79 Å². The molecule has 1 saturated carbocycles. The van der Waals surface area contributed by atoms with Crippen LogP contribution in [0.4, 0.5) is 5.95 Å². The molecule has 1 aromatic heterocycles. The Hall–Kier alpha value is -1.65. The number of aliphatic imine (C=N–C) groups is 1. The molecular formula is C20H34IN7O. The van der Waals surface area contributed by atoms with Gasteiger partial charge in [0.25, 0.3) is 0 Å². The molecule has 1 aliphatic heterocycles. The maximum absolute atomic E-state index is 12.5. The third kappa shape index (κ3) is 7.27. The summed E-state index contributed by atoms with van der Waals surface area (Å²) in [6.45, 7) is 5.89. The van der Waals surface area contributed by atoms with Gasteiger partial charge in [-0.1, -0.05) is 6.92 Å².